The van der Waals surface area contributed by atoms with Crippen LogP contribution >= 0.6 is 0 Å². The zero-order chi connectivity index (χ0) is 34.4. The molecular formula is C38H43N3O7. The van der Waals surface area contributed by atoms with Crippen molar-refractivity contribution in [3.63, 3.8) is 0 Å². The molecule has 0 saturated carbocycles. The van der Waals surface area contributed by atoms with E-state index in [1.165, 1.54) is 0 Å². The number of fused-ring (bicyclic) bond motifs is 3. The van der Waals surface area contributed by atoms with Gasteiger partial charge in [0.2, 0.25) is 5.91 Å². The number of ether oxygens (including phenoxy) is 2. The van der Waals surface area contributed by atoms with Crippen LogP contribution in [-0.2, 0) is 32.9 Å². The highest BCUT2D eigenvalue weighted by molar-refractivity contribution is 6.09. The van der Waals surface area contributed by atoms with E-state index in [2.05, 4.69) is 11.9 Å². The Hall–Kier alpha value is -4.51. The van der Waals surface area contributed by atoms with Gasteiger partial charge in [0.15, 0.2) is 5.60 Å². The van der Waals surface area contributed by atoms with E-state index in [1.807, 2.05) is 31.2 Å². The van der Waals surface area contributed by atoms with Gasteiger partial charge < -0.3 is 34.8 Å². The summed E-state index contributed by atoms with van der Waals surface area (Å²) in [7, 11) is 1.56. The number of benzene rings is 3. The number of rotatable bonds is 9. The molecule has 3 N–H and O–H groups in total. The van der Waals surface area contributed by atoms with E-state index >= 15 is 0 Å². The van der Waals surface area contributed by atoms with Gasteiger partial charge in [-0.1, -0.05) is 37.3 Å². The standard InChI is InChI=1S/C38H43N3O7/c1-6-17-40-31-16-13-27(39-35(44)24-11-14-29(47-5)15-12-24)19-30(31)38(36(40)45)23(2)34(37(3,4)46)32(48-38)20-33(43)41-21-26-10-8-7-9-25(26)18-28(41)22-42/h6-16,19,23,28,32,34,42,46H,1,17-18,20-22H2,2-5H3,(H,39,44)/t23-,28+,32+,34-,38+/m1/s1. The van der Waals surface area contributed by atoms with E-state index in [1.54, 1.807) is 79.3 Å². The van der Waals surface area contributed by atoms with Crippen LogP contribution in [0.3, 0.4) is 0 Å². The number of hydrogen-bond donors (Lipinski definition) is 3. The summed E-state index contributed by atoms with van der Waals surface area (Å²) in [6.07, 6.45) is 1.27. The summed E-state index contributed by atoms with van der Waals surface area (Å²) >= 11 is 0. The third-order valence-electron chi connectivity index (χ3n) is 10.2. The average molecular weight is 654 g/mol. The topological polar surface area (TPSA) is 129 Å². The first-order valence-corrected chi connectivity index (χ1v) is 16.3. The first-order chi connectivity index (χ1) is 22.9. The van der Waals surface area contributed by atoms with Gasteiger partial charge in [-0.3, -0.25) is 14.4 Å². The maximum atomic E-state index is 14.5. The van der Waals surface area contributed by atoms with Gasteiger partial charge in [0.25, 0.3) is 11.8 Å². The smallest absolute Gasteiger partial charge is 0.264 e. The number of aliphatic hydroxyl groups excluding tert-OH is 1. The van der Waals surface area contributed by atoms with Gasteiger partial charge in [0, 0.05) is 41.7 Å². The Kier molecular flexibility index (Phi) is 8.93. The number of anilines is 2. The number of nitrogens with zero attached hydrogens (tertiary/aromatic N) is 2. The normalized spacial score (nSPS) is 24.8. The summed E-state index contributed by atoms with van der Waals surface area (Å²) in [5.74, 6) is -1.40. The summed E-state index contributed by atoms with van der Waals surface area (Å²) in [5.41, 5.74) is 1.35. The Morgan fingerprint density at radius 3 is 2.48 bits per heavy atom. The molecule has 0 bridgehead atoms. The molecule has 0 aromatic heterocycles. The van der Waals surface area contributed by atoms with Crippen molar-refractivity contribution in [1.29, 1.82) is 0 Å². The second-order valence-corrected chi connectivity index (χ2v) is 13.5. The average Bonchev–Trinajstić information content (AvgIpc) is 3.50. The molecule has 1 spiro atoms. The number of methoxy groups -OCH3 is 1. The van der Waals surface area contributed by atoms with Crippen molar-refractivity contribution in [3.8, 4) is 5.75 Å². The number of nitrogens with one attached hydrogen (secondary N) is 1. The fourth-order valence-electron chi connectivity index (χ4n) is 7.94. The van der Waals surface area contributed by atoms with Crippen LogP contribution in [0, 0.1) is 11.8 Å². The second-order valence-electron chi connectivity index (χ2n) is 13.5. The molecule has 10 heteroatoms. The lowest BCUT2D eigenvalue weighted by atomic mass is 9.70. The molecule has 48 heavy (non-hydrogen) atoms. The van der Waals surface area contributed by atoms with Crippen molar-refractivity contribution in [2.45, 2.75) is 63.5 Å². The molecule has 1 saturated heterocycles. The number of amides is 3. The lowest BCUT2D eigenvalue weighted by Gasteiger charge is -2.38. The van der Waals surface area contributed by atoms with Crippen molar-refractivity contribution >= 4 is 29.1 Å². The zero-order valence-corrected chi connectivity index (χ0v) is 27.8. The molecule has 6 rings (SSSR count). The van der Waals surface area contributed by atoms with Crippen LogP contribution in [0.15, 0.2) is 79.4 Å². The number of carbonyl (C=O) groups excluding carboxylic acids is 3. The SMILES string of the molecule is C=CCN1C(=O)[C@@]2(O[C@@H](CC(=O)N3Cc4ccccc4C[C@H]3CO)[C@H](C(C)(C)O)[C@H]2C)c2cc(NC(=O)c3ccc(OC)cc3)ccc21. The lowest BCUT2D eigenvalue weighted by Crippen LogP contribution is -2.48. The Labute approximate surface area is 281 Å². The highest BCUT2D eigenvalue weighted by Gasteiger charge is 2.66. The molecule has 10 nitrogen and oxygen atoms in total. The quantitative estimate of drug-likeness (QED) is 0.292. The summed E-state index contributed by atoms with van der Waals surface area (Å²) in [6, 6.07) is 19.5. The molecule has 3 heterocycles. The summed E-state index contributed by atoms with van der Waals surface area (Å²) in [5, 5.41) is 24.7. The number of aliphatic hydroxyl groups is 2. The summed E-state index contributed by atoms with van der Waals surface area (Å²) < 4.78 is 12.0. The minimum atomic E-state index is -1.53. The van der Waals surface area contributed by atoms with Gasteiger partial charge >= 0.3 is 0 Å². The molecule has 5 atom stereocenters. The van der Waals surface area contributed by atoms with Crippen LogP contribution in [0.5, 0.6) is 5.75 Å². The maximum Gasteiger partial charge on any atom is 0.264 e. The van der Waals surface area contributed by atoms with Crippen LogP contribution in [0.2, 0.25) is 0 Å². The highest BCUT2D eigenvalue weighted by Crippen LogP contribution is 2.58. The molecule has 252 valence electrons. The van der Waals surface area contributed by atoms with E-state index in [0.29, 0.717) is 41.2 Å². The molecule has 3 aliphatic rings. The molecule has 3 amide bonds. The van der Waals surface area contributed by atoms with Crippen molar-refractivity contribution in [3.05, 3.63) is 102 Å². The molecule has 1 fully saturated rings. The van der Waals surface area contributed by atoms with E-state index < -0.39 is 35.2 Å². The molecule has 0 unspecified atom stereocenters. The molecule has 3 aromatic carbocycles. The minimum absolute atomic E-state index is 0.0859. The van der Waals surface area contributed by atoms with Gasteiger partial charge in [-0.25, -0.2) is 0 Å². The Balaban J connectivity index is 1.34. The van der Waals surface area contributed by atoms with Gasteiger partial charge in [-0.2, -0.15) is 0 Å². The third kappa shape index (κ3) is 5.67. The number of hydrogen-bond acceptors (Lipinski definition) is 7. The minimum Gasteiger partial charge on any atom is -0.497 e. The fraction of sp³-hybridized carbons (Fsp3) is 0.395. The van der Waals surface area contributed by atoms with Gasteiger partial charge in [0.1, 0.15) is 5.75 Å². The van der Waals surface area contributed by atoms with Crippen LogP contribution in [0.25, 0.3) is 0 Å². The largest absolute Gasteiger partial charge is 0.497 e. The van der Waals surface area contributed by atoms with Crippen molar-refractivity contribution < 1.29 is 34.1 Å². The zero-order valence-electron chi connectivity index (χ0n) is 27.8. The van der Waals surface area contributed by atoms with Gasteiger partial charge in [-0.05, 0) is 73.9 Å². The predicted molar refractivity (Wildman–Crippen MR) is 182 cm³/mol. The molecule has 3 aromatic rings. The van der Waals surface area contributed by atoms with Crippen LogP contribution in [0.4, 0.5) is 11.4 Å². The summed E-state index contributed by atoms with van der Waals surface area (Å²) in [6.45, 7) is 9.47. The van der Waals surface area contributed by atoms with Crippen LogP contribution < -0.4 is 15.0 Å². The van der Waals surface area contributed by atoms with Crippen molar-refractivity contribution in [2.24, 2.45) is 11.8 Å². The van der Waals surface area contributed by atoms with E-state index in [9.17, 15) is 24.6 Å². The Bertz CT molecular complexity index is 1730. The van der Waals surface area contributed by atoms with E-state index in [0.717, 1.165) is 11.1 Å². The monoisotopic (exact) mass is 653 g/mol. The second kappa shape index (κ2) is 12.8. The highest BCUT2D eigenvalue weighted by atomic mass is 16.5. The van der Waals surface area contributed by atoms with Gasteiger partial charge in [0.05, 0.1) is 43.6 Å². The number of carbonyl (C=O) groups is 3. The van der Waals surface area contributed by atoms with E-state index in [-0.39, 0.29) is 37.3 Å². The summed E-state index contributed by atoms with van der Waals surface area (Å²) in [4.78, 5) is 45.0. The molecule has 0 aliphatic carbocycles. The van der Waals surface area contributed by atoms with Crippen molar-refractivity contribution in [1.82, 2.24) is 4.90 Å². The van der Waals surface area contributed by atoms with Crippen LogP contribution in [-0.4, -0.2) is 70.8 Å². The third-order valence-corrected chi connectivity index (χ3v) is 10.2. The fourth-order valence-corrected chi connectivity index (χ4v) is 7.94. The molecular weight excluding hydrogens is 610 g/mol. The molecule has 3 aliphatic heterocycles. The van der Waals surface area contributed by atoms with E-state index in [4.69, 9.17) is 9.47 Å². The Morgan fingerprint density at radius 1 is 1.12 bits per heavy atom. The first kappa shape index (κ1) is 33.4. The van der Waals surface area contributed by atoms with Crippen LogP contribution in [0.1, 0.15) is 54.2 Å². The maximum absolute atomic E-state index is 14.5. The Morgan fingerprint density at radius 2 is 1.83 bits per heavy atom. The van der Waals surface area contributed by atoms with Crippen molar-refractivity contribution in [2.75, 3.05) is 30.5 Å². The van der Waals surface area contributed by atoms with Gasteiger partial charge in [-0.15, -0.1) is 6.58 Å². The molecule has 0 radical (unpaired) electrons. The first-order valence-electron chi connectivity index (χ1n) is 16.3. The predicted octanol–water partition coefficient (Wildman–Crippen LogP) is 4.43. The lowest BCUT2D eigenvalue weighted by molar-refractivity contribution is -0.151.